The molecule has 0 spiro atoms. The number of carboxylic acid groups (broad SMARTS) is 1. The summed E-state index contributed by atoms with van der Waals surface area (Å²) in [6.45, 7) is 5.93. The maximum atomic E-state index is 11.1. The smallest absolute Gasteiger partial charge is 0.341 e. The topological polar surface area (TPSA) is 59.4 Å². The summed E-state index contributed by atoms with van der Waals surface area (Å²) in [4.78, 5) is 14.9. The molecule has 0 aliphatic rings. The van der Waals surface area contributed by atoms with Gasteiger partial charge in [0.15, 0.2) is 0 Å². The second-order valence-corrected chi connectivity index (χ2v) is 4.48. The van der Waals surface area contributed by atoms with Crippen LogP contribution in [0.4, 0.5) is 0 Å². The second-order valence-electron chi connectivity index (χ2n) is 4.48. The van der Waals surface area contributed by atoms with Crippen LogP contribution in [0.15, 0.2) is 30.6 Å². The van der Waals surface area contributed by atoms with Crippen molar-refractivity contribution in [3.8, 4) is 11.5 Å². The molecule has 0 amide bonds. The zero-order chi connectivity index (χ0) is 14.0. The summed E-state index contributed by atoms with van der Waals surface area (Å²) in [6, 6.07) is 5.52. The van der Waals surface area contributed by atoms with Crippen molar-refractivity contribution < 1.29 is 14.6 Å². The molecule has 0 aliphatic carbocycles. The molecule has 0 aliphatic heterocycles. The first-order chi connectivity index (χ1) is 8.99. The van der Waals surface area contributed by atoms with Gasteiger partial charge in [-0.25, -0.2) is 4.79 Å². The number of nitrogens with zero attached hydrogens (tertiary/aromatic N) is 1. The maximum absolute atomic E-state index is 11.1. The molecule has 2 aromatic rings. The number of rotatable bonds is 3. The lowest BCUT2D eigenvalue weighted by Crippen LogP contribution is -2.01. The predicted molar refractivity (Wildman–Crippen MR) is 71.9 cm³/mol. The van der Waals surface area contributed by atoms with Gasteiger partial charge in [0.05, 0.1) is 0 Å². The second kappa shape index (κ2) is 5.10. The molecule has 4 heteroatoms. The Hall–Kier alpha value is -2.36. The first kappa shape index (κ1) is 13.1. The average Bonchev–Trinajstić information content (AvgIpc) is 2.35. The van der Waals surface area contributed by atoms with Crippen molar-refractivity contribution in [2.24, 2.45) is 0 Å². The van der Waals surface area contributed by atoms with Gasteiger partial charge in [0, 0.05) is 18.5 Å². The monoisotopic (exact) mass is 257 g/mol. The maximum Gasteiger partial charge on any atom is 0.341 e. The van der Waals surface area contributed by atoms with Crippen molar-refractivity contribution in [3.63, 3.8) is 0 Å². The molecule has 0 fully saturated rings. The van der Waals surface area contributed by atoms with E-state index in [0.29, 0.717) is 11.5 Å². The van der Waals surface area contributed by atoms with Crippen LogP contribution in [-0.4, -0.2) is 16.1 Å². The number of hydrogen-bond donors (Lipinski definition) is 1. The summed E-state index contributed by atoms with van der Waals surface area (Å²) in [5.74, 6) is -0.0769. The van der Waals surface area contributed by atoms with Crippen molar-refractivity contribution in [3.05, 3.63) is 52.8 Å². The summed E-state index contributed by atoms with van der Waals surface area (Å²) in [7, 11) is 0. The van der Waals surface area contributed by atoms with Crippen LogP contribution in [-0.2, 0) is 0 Å². The third kappa shape index (κ3) is 2.73. The summed E-state index contributed by atoms with van der Waals surface area (Å²) in [6.07, 6.45) is 2.80. The van der Waals surface area contributed by atoms with Crippen molar-refractivity contribution in [1.82, 2.24) is 4.98 Å². The fourth-order valence-electron chi connectivity index (χ4n) is 1.86. The molecule has 2 rings (SSSR count). The van der Waals surface area contributed by atoms with Gasteiger partial charge in [-0.2, -0.15) is 0 Å². The highest BCUT2D eigenvalue weighted by Crippen LogP contribution is 2.30. The molecular weight excluding hydrogens is 242 g/mol. The van der Waals surface area contributed by atoms with E-state index in [9.17, 15) is 4.79 Å². The summed E-state index contributed by atoms with van der Waals surface area (Å²) >= 11 is 0. The van der Waals surface area contributed by atoms with Crippen LogP contribution in [0.1, 0.15) is 27.0 Å². The minimum absolute atomic E-state index is 0.0565. The zero-order valence-electron chi connectivity index (χ0n) is 11.1. The van der Waals surface area contributed by atoms with Gasteiger partial charge in [-0.3, -0.25) is 4.98 Å². The Morgan fingerprint density at radius 1 is 1.21 bits per heavy atom. The van der Waals surface area contributed by atoms with E-state index < -0.39 is 5.97 Å². The molecule has 0 radical (unpaired) electrons. The fourth-order valence-corrected chi connectivity index (χ4v) is 1.86. The summed E-state index contributed by atoms with van der Waals surface area (Å²) in [5, 5.41) is 9.10. The van der Waals surface area contributed by atoms with E-state index in [1.807, 2.05) is 26.8 Å². The normalized spacial score (nSPS) is 10.3. The van der Waals surface area contributed by atoms with Crippen LogP contribution in [0, 0.1) is 20.8 Å². The van der Waals surface area contributed by atoms with E-state index in [2.05, 4.69) is 11.1 Å². The van der Waals surface area contributed by atoms with Gasteiger partial charge in [-0.1, -0.05) is 6.07 Å². The van der Waals surface area contributed by atoms with Gasteiger partial charge in [-0.05, 0) is 43.5 Å². The first-order valence-electron chi connectivity index (χ1n) is 5.92. The number of benzene rings is 1. The Labute approximate surface area is 111 Å². The standard InChI is InChI=1S/C15H15NO3/c1-9-6-10(2)11(3)14(7-9)19-13-4-5-16-8-12(13)15(17)18/h4-8H,1-3H3,(H,17,18). The van der Waals surface area contributed by atoms with E-state index in [-0.39, 0.29) is 5.56 Å². The molecule has 1 aromatic carbocycles. The zero-order valence-corrected chi connectivity index (χ0v) is 11.1. The van der Waals surface area contributed by atoms with Crippen molar-refractivity contribution in [2.75, 3.05) is 0 Å². The lowest BCUT2D eigenvalue weighted by molar-refractivity contribution is 0.0693. The molecule has 19 heavy (non-hydrogen) atoms. The highest BCUT2D eigenvalue weighted by molar-refractivity contribution is 5.90. The average molecular weight is 257 g/mol. The van der Waals surface area contributed by atoms with Crippen molar-refractivity contribution in [1.29, 1.82) is 0 Å². The number of pyridine rings is 1. The Balaban J connectivity index is 2.45. The molecule has 98 valence electrons. The van der Waals surface area contributed by atoms with Crippen LogP contribution in [0.2, 0.25) is 0 Å². The molecule has 4 nitrogen and oxygen atoms in total. The van der Waals surface area contributed by atoms with Crippen LogP contribution in [0.3, 0.4) is 0 Å². The van der Waals surface area contributed by atoms with Gasteiger partial charge in [0.2, 0.25) is 0 Å². The van der Waals surface area contributed by atoms with Gasteiger partial charge < -0.3 is 9.84 Å². The van der Waals surface area contributed by atoms with E-state index in [0.717, 1.165) is 16.7 Å². The summed E-state index contributed by atoms with van der Waals surface area (Å²) < 4.78 is 5.74. The van der Waals surface area contributed by atoms with E-state index in [1.165, 1.54) is 12.4 Å². The lowest BCUT2D eigenvalue weighted by Gasteiger charge is -2.13. The van der Waals surface area contributed by atoms with Crippen molar-refractivity contribution >= 4 is 5.97 Å². The lowest BCUT2D eigenvalue weighted by atomic mass is 10.1. The third-order valence-corrected chi connectivity index (χ3v) is 3.00. The first-order valence-corrected chi connectivity index (χ1v) is 5.92. The van der Waals surface area contributed by atoms with Gasteiger partial charge in [0.1, 0.15) is 17.1 Å². The molecule has 0 saturated carbocycles. The molecule has 1 heterocycles. The van der Waals surface area contributed by atoms with Gasteiger partial charge >= 0.3 is 5.97 Å². The van der Waals surface area contributed by atoms with Crippen LogP contribution < -0.4 is 4.74 Å². The quantitative estimate of drug-likeness (QED) is 0.914. The number of aromatic nitrogens is 1. The Bertz CT molecular complexity index is 635. The number of hydrogen-bond acceptors (Lipinski definition) is 3. The highest BCUT2D eigenvalue weighted by atomic mass is 16.5. The minimum Gasteiger partial charge on any atom is -0.477 e. The number of ether oxygens (including phenoxy) is 1. The number of carbonyl (C=O) groups is 1. The van der Waals surface area contributed by atoms with Crippen LogP contribution in [0.5, 0.6) is 11.5 Å². The molecule has 0 saturated heterocycles. The predicted octanol–water partition coefficient (Wildman–Crippen LogP) is 3.50. The van der Waals surface area contributed by atoms with E-state index in [1.54, 1.807) is 6.07 Å². The van der Waals surface area contributed by atoms with Gasteiger partial charge in [-0.15, -0.1) is 0 Å². The SMILES string of the molecule is Cc1cc(C)c(C)c(Oc2ccncc2C(=O)O)c1. The Morgan fingerprint density at radius 2 is 1.95 bits per heavy atom. The third-order valence-electron chi connectivity index (χ3n) is 3.00. The molecular formula is C15H15NO3. The van der Waals surface area contributed by atoms with E-state index in [4.69, 9.17) is 9.84 Å². The number of aromatic carboxylic acids is 1. The largest absolute Gasteiger partial charge is 0.477 e. The van der Waals surface area contributed by atoms with Crippen LogP contribution in [0.25, 0.3) is 0 Å². The molecule has 0 atom stereocenters. The van der Waals surface area contributed by atoms with Crippen LogP contribution >= 0.6 is 0 Å². The highest BCUT2D eigenvalue weighted by Gasteiger charge is 2.13. The molecule has 0 unspecified atom stereocenters. The minimum atomic E-state index is -1.05. The number of carboxylic acids is 1. The Morgan fingerprint density at radius 3 is 2.63 bits per heavy atom. The molecule has 0 bridgehead atoms. The van der Waals surface area contributed by atoms with Crippen molar-refractivity contribution in [2.45, 2.75) is 20.8 Å². The van der Waals surface area contributed by atoms with E-state index >= 15 is 0 Å². The fraction of sp³-hybridized carbons (Fsp3) is 0.200. The molecule has 1 aromatic heterocycles. The molecule has 1 N–H and O–H groups in total. The summed E-state index contributed by atoms with van der Waals surface area (Å²) in [5.41, 5.74) is 3.24. The number of aryl methyl sites for hydroxylation is 2. The van der Waals surface area contributed by atoms with Gasteiger partial charge in [0.25, 0.3) is 0 Å². The Kier molecular flexibility index (Phi) is 3.51.